The Kier molecular flexibility index (Phi) is 4.91. The number of hydrogen-bond acceptors (Lipinski definition) is 3. The topological polar surface area (TPSA) is 38.7 Å². The van der Waals surface area contributed by atoms with E-state index in [2.05, 4.69) is 27.7 Å². The molecule has 2 saturated carbocycles. The van der Waals surface area contributed by atoms with Crippen LogP contribution in [0, 0.1) is 11.3 Å². The van der Waals surface area contributed by atoms with Crippen LogP contribution in [0.1, 0.15) is 59.8 Å². The summed E-state index contributed by atoms with van der Waals surface area (Å²) in [5, 5.41) is 9.78. The molecule has 0 aromatic heterocycles. The molecule has 0 aromatic rings. The van der Waals surface area contributed by atoms with E-state index in [1.807, 2.05) is 0 Å². The smallest absolute Gasteiger partial charge is 0.110 e. The van der Waals surface area contributed by atoms with Crippen LogP contribution in [0.3, 0.4) is 0 Å². The molecular formula is C16H30O3. The van der Waals surface area contributed by atoms with Crippen LogP contribution in [-0.2, 0) is 9.47 Å². The summed E-state index contributed by atoms with van der Waals surface area (Å²) < 4.78 is 11.9. The van der Waals surface area contributed by atoms with Gasteiger partial charge in [0.15, 0.2) is 0 Å². The second kappa shape index (κ2) is 6.11. The first-order valence-corrected chi connectivity index (χ1v) is 7.86. The molecule has 2 fully saturated rings. The van der Waals surface area contributed by atoms with E-state index >= 15 is 0 Å². The number of aliphatic hydroxyl groups is 1. The second-order valence-corrected chi connectivity index (χ2v) is 7.35. The van der Waals surface area contributed by atoms with Gasteiger partial charge in [-0.2, -0.15) is 0 Å². The lowest BCUT2D eigenvalue weighted by Gasteiger charge is -2.46. The minimum absolute atomic E-state index is 0.0969. The monoisotopic (exact) mass is 270 g/mol. The zero-order chi connectivity index (χ0) is 14.0. The highest BCUT2D eigenvalue weighted by Gasteiger charge is 2.44. The summed E-state index contributed by atoms with van der Waals surface area (Å²) in [4.78, 5) is 0. The van der Waals surface area contributed by atoms with Gasteiger partial charge in [0.25, 0.3) is 0 Å². The molecule has 5 atom stereocenters. The Morgan fingerprint density at radius 2 is 1.95 bits per heavy atom. The summed E-state index contributed by atoms with van der Waals surface area (Å²) in [7, 11) is 0. The van der Waals surface area contributed by atoms with Gasteiger partial charge >= 0.3 is 0 Å². The first-order valence-electron chi connectivity index (χ1n) is 7.86. The molecule has 112 valence electrons. The van der Waals surface area contributed by atoms with E-state index in [4.69, 9.17) is 9.47 Å². The summed E-state index contributed by atoms with van der Waals surface area (Å²) in [5.74, 6) is 0.730. The van der Waals surface area contributed by atoms with Gasteiger partial charge in [0.1, 0.15) is 6.10 Å². The Morgan fingerprint density at radius 1 is 1.21 bits per heavy atom. The van der Waals surface area contributed by atoms with Gasteiger partial charge in [0.05, 0.1) is 18.3 Å². The molecule has 3 nitrogen and oxygen atoms in total. The molecule has 5 unspecified atom stereocenters. The lowest BCUT2D eigenvalue weighted by Crippen LogP contribution is -2.55. The van der Waals surface area contributed by atoms with E-state index in [1.54, 1.807) is 0 Å². The van der Waals surface area contributed by atoms with Crippen molar-refractivity contribution in [1.82, 2.24) is 0 Å². The largest absolute Gasteiger partial charge is 0.390 e. The average molecular weight is 270 g/mol. The Balaban J connectivity index is 1.83. The number of ether oxygens (including phenoxy) is 2. The third kappa shape index (κ3) is 3.93. The second-order valence-electron chi connectivity index (χ2n) is 7.35. The van der Waals surface area contributed by atoms with E-state index in [0.29, 0.717) is 18.1 Å². The minimum atomic E-state index is -0.328. The summed E-state index contributed by atoms with van der Waals surface area (Å²) in [6, 6.07) is 0. The number of aliphatic hydroxyl groups excluding tert-OH is 1. The normalized spacial score (nSPS) is 41.8. The van der Waals surface area contributed by atoms with Crippen LogP contribution in [0.4, 0.5) is 0 Å². The summed E-state index contributed by atoms with van der Waals surface area (Å²) in [5.41, 5.74) is 0.379. The van der Waals surface area contributed by atoms with Gasteiger partial charge in [-0.25, -0.2) is 0 Å². The highest BCUT2D eigenvalue weighted by Crippen LogP contribution is 2.41. The Morgan fingerprint density at radius 3 is 2.53 bits per heavy atom. The number of hydrogen-bond donors (Lipinski definition) is 1. The van der Waals surface area contributed by atoms with Crippen molar-refractivity contribution in [3.63, 3.8) is 0 Å². The molecule has 2 aliphatic carbocycles. The minimum Gasteiger partial charge on any atom is -0.390 e. The average Bonchev–Trinajstić information content (AvgIpc) is 2.26. The quantitative estimate of drug-likeness (QED) is 0.834. The Labute approximate surface area is 117 Å². The predicted molar refractivity (Wildman–Crippen MR) is 76.1 cm³/mol. The van der Waals surface area contributed by atoms with Gasteiger partial charge in [0, 0.05) is 13.0 Å². The van der Waals surface area contributed by atoms with Crippen LogP contribution in [0.5, 0.6) is 0 Å². The molecule has 0 aliphatic heterocycles. The van der Waals surface area contributed by atoms with E-state index in [1.165, 1.54) is 6.42 Å². The van der Waals surface area contributed by atoms with Crippen LogP contribution in [0.2, 0.25) is 0 Å². The van der Waals surface area contributed by atoms with Crippen molar-refractivity contribution in [2.45, 2.75) is 84.2 Å². The van der Waals surface area contributed by atoms with Crippen molar-refractivity contribution in [2.75, 3.05) is 6.61 Å². The summed E-state index contributed by atoms with van der Waals surface area (Å²) in [6.07, 6.45) is 5.31. The molecule has 2 aliphatic rings. The van der Waals surface area contributed by atoms with Crippen LogP contribution in [-0.4, -0.2) is 36.1 Å². The zero-order valence-corrected chi connectivity index (χ0v) is 12.9. The van der Waals surface area contributed by atoms with Crippen molar-refractivity contribution in [3.05, 3.63) is 0 Å². The fourth-order valence-electron chi connectivity index (χ4n) is 3.77. The van der Waals surface area contributed by atoms with Crippen LogP contribution in [0.15, 0.2) is 0 Å². The number of rotatable bonds is 5. The van der Waals surface area contributed by atoms with Crippen molar-refractivity contribution in [2.24, 2.45) is 11.3 Å². The highest BCUT2D eigenvalue weighted by molar-refractivity contribution is 4.94. The molecule has 19 heavy (non-hydrogen) atoms. The van der Waals surface area contributed by atoms with Crippen molar-refractivity contribution < 1.29 is 14.6 Å². The molecule has 0 aromatic carbocycles. The van der Waals surface area contributed by atoms with Gasteiger partial charge in [0.2, 0.25) is 0 Å². The fourth-order valence-corrected chi connectivity index (χ4v) is 3.77. The molecule has 0 amide bonds. The molecular weight excluding hydrogens is 240 g/mol. The molecule has 3 heteroatoms. The molecule has 0 saturated heterocycles. The first-order chi connectivity index (χ1) is 8.91. The lowest BCUT2D eigenvalue weighted by molar-refractivity contribution is -0.216. The maximum Gasteiger partial charge on any atom is 0.110 e. The van der Waals surface area contributed by atoms with E-state index in [-0.39, 0.29) is 18.3 Å². The third-order valence-electron chi connectivity index (χ3n) is 4.45. The Bertz CT molecular complexity index is 290. The molecule has 2 rings (SSSR count). The van der Waals surface area contributed by atoms with Crippen LogP contribution in [0.25, 0.3) is 0 Å². The van der Waals surface area contributed by atoms with Crippen molar-refractivity contribution in [3.8, 4) is 0 Å². The van der Waals surface area contributed by atoms with Gasteiger partial charge in [-0.15, -0.1) is 0 Å². The van der Waals surface area contributed by atoms with Crippen molar-refractivity contribution in [1.29, 1.82) is 0 Å². The maximum absolute atomic E-state index is 9.78. The van der Waals surface area contributed by atoms with Gasteiger partial charge in [-0.05, 0) is 37.0 Å². The van der Waals surface area contributed by atoms with Gasteiger partial charge in [-0.1, -0.05) is 27.7 Å². The molecule has 0 heterocycles. The van der Waals surface area contributed by atoms with E-state index < -0.39 is 0 Å². The SMILES string of the molecule is CCCOC1C(O)CC1OC1CC(C)CC(C)(C)C1. The Hall–Kier alpha value is -0.120. The zero-order valence-electron chi connectivity index (χ0n) is 12.9. The fraction of sp³-hybridized carbons (Fsp3) is 1.00. The summed E-state index contributed by atoms with van der Waals surface area (Å²) in [6.45, 7) is 9.79. The predicted octanol–water partition coefficient (Wildman–Crippen LogP) is 3.15. The first kappa shape index (κ1) is 15.3. The van der Waals surface area contributed by atoms with Crippen LogP contribution < -0.4 is 0 Å². The van der Waals surface area contributed by atoms with E-state index in [9.17, 15) is 5.11 Å². The lowest BCUT2D eigenvalue weighted by atomic mass is 9.71. The van der Waals surface area contributed by atoms with Gasteiger partial charge in [-0.3, -0.25) is 0 Å². The molecule has 0 radical (unpaired) electrons. The van der Waals surface area contributed by atoms with E-state index in [0.717, 1.165) is 31.6 Å². The summed E-state index contributed by atoms with van der Waals surface area (Å²) >= 11 is 0. The highest BCUT2D eigenvalue weighted by atomic mass is 16.6. The molecule has 0 bridgehead atoms. The molecule has 0 spiro atoms. The van der Waals surface area contributed by atoms with Crippen molar-refractivity contribution >= 4 is 0 Å². The maximum atomic E-state index is 9.78. The van der Waals surface area contributed by atoms with Crippen LogP contribution >= 0.6 is 0 Å². The standard InChI is InChI=1S/C16H30O3/c1-5-6-18-15-13(17)8-14(15)19-12-7-11(2)9-16(3,4)10-12/h11-15,17H,5-10H2,1-4H3. The molecule has 1 N–H and O–H groups in total. The third-order valence-corrected chi connectivity index (χ3v) is 4.45. The van der Waals surface area contributed by atoms with Gasteiger partial charge < -0.3 is 14.6 Å².